The number of aromatic nitrogens is 4. The number of amides is 2. The van der Waals surface area contributed by atoms with E-state index in [4.69, 9.17) is 5.26 Å². The molecule has 1 unspecified atom stereocenters. The molecule has 10 nitrogen and oxygen atoms in total. The van der Waals surface area contributed by atoms with Crippen LogP contribution in [-0.4, -0.2) is 50.1 Å². The third kappa shape index (κ3) is 6.24. The summed E-state index contributed by atoms with van der Waals surface area (Å²) in [5, 5.41) is 18.9. The number of allylic oxidation sites excluding steroid dienone is 1. The molecule has 0 spiro atoms. The predicted octanol–water partition coefficient (Wildman–Crippen LogP) is 4.37. The van der Waals surface area contributed by atoms with Gasteiger partial charge >= 0.3 is 0 Å². The Morgan fingerprint density at radius 1 is 1.26 bits per heavy atom. The smallest absolute Gasteiger partial charge is 0.252 e. The number of nitrogens with one attached hydrogen (secondary N) is 2. The van der Waals surface area contributed by atoms with Gasteiger partial charge in [0.2, 0.25) is 11.9 Å². The average Bonchev–Trinajstić information content (AvgIpc) is 3.69. The molecule has 1 aromatic carbocycles. The summed E-state index contributed by atoms with van der Waals surface area (Å²) in [4.78, 5) is 35.3. The molecule has 3 aromatic rings. The largest absolute Gasteiger partial charge is 0.339 e. The lowest BCUT2D eigenvalue weighted by Crippen LogP contribution is -2.28. The molecule has 1 saturated carbocycles. The highest BCUT2D eigenvalue weighted by atomic mass is 16.2. The fraction of sp³-hybridized carbons (Fsp3) is 0.357. The molecule has 1 aliphatic rings. The quantitative estimate of drug-likeness (QED) is 0.365. The van der Waals surface area contributed by atoms with Crippen molar-refractivity contribution in [1.82, 2.24) is 30.0 Å². The molecule has 2 N–H and O–H groups in total. The lowest BCUT2D eigenvalue weighted by atomic mass is 10.1. The normalized spacial score (nSPS) is 13.3. The standard InChI is InChI=1S/C28H32N8O2/c1-5-24(14-19(3)35(4)27(38)22-10-11-22)36-17-23(16-32-36)33-28-31-15-18(2)25(34-28)20-6-8-21(9-7-20)26(37)30-13-12-29/h6-9,15-17,22,24H,3,5,10-11,13-14H2,1-2,4H3,(H,30,37)(H,31,33,34). The summed E-state index contributed by atoms with van der Waals surface area (Å²) in [6.45, 7) is 8.11. The number of rotatable bonds is 11. The van der Waals surface area contributed by atoms with Crippen LogP contribution in [0.25, 0.3) is 11.3 Å². The monoisotopic (exact) mass is 512 g/mol. The van der Waals surface area contributed by atoms with E-state index in [1.165, 1.54) is 0 Å². The van der Waals surface area contributed by atoms with Gasteiger partial charge in [-0.05, 0) is 43.9 Å². The minimum Gasteiger partial charge on any atom is -0.339 e. The zero-order valence-corrected chi connectivity index (χ0v) is 21.9. The summed E-state index contributed by atoms with van der Waals surface area (Å²) in [5.41, 5.74) is 4.48. The molecule has 2 aromatic heterocycles. The molecule has 0 bridgehead atoms. The van der Waals surface area contributed by atoms with Crippen LogP contribution in [0.3, 0.4) is 0 Å². The number of hydrogen-bond acceptors (Lipinski definition) is 7. The van der Waals surface area contributed by atoms with E-state index in [0.717, 1.165) is 47.5 Å². The molecule has 0 saturated heterocycles. The number of carbonyl (C=O) groups is 2. The third-order valence-corrected chi connectivity index (χ3v) is 6.63. The zero-order valence-electron chi connectivity index (χ0n) is 21.9. The molecular weight excluding hydrogens is 480 g/mol. The Balaban J connectivity index is 1.44. The van der Waals surface area contributed by atoms with Gasteiger partial charge in [-0.3, -0.25) is 14.3 Å². The van der Waals surface area contributed by atoms with Gasteiger partial charge in [-0.25, -0.2) is 9.97 Å². The lowest BCUT2D eigenvalue weighted by molar-refractivity contribution is -0.129. The van der Waals surface area contributed by atoms with E-state index in [1.54, 1.807) is 36.5 Å². The number of benzene rings is 1. The van der Waals surface area contributed by atoms with Crippen LogP contribution in [-0.2, 0) is 4.79 Å². The van der Waals surface area contributed by atoms with Crippen LogP contribution in [0.15, 0.2) is 55.1 Å². The van der Waals surface area contributed by atoms with Crippen molar-refractivity contribution in [2.45, 2.75) is 45.6 Å². The Labute approximate surface area is 222 Å². The Morgan fingerprint density at radius 3 is 2.66 bits per heavy atom. The maximum Gasteiger partial charge on any atom is 0.252 e. The van der Waals surface area contributed by atoms with E-state index < -0.39 is 0 Å². The second-order valence-electron chi connectivity index (χ2n) is 9.48. The summed E-state index contributed by atoms with van der Waals surface area (Å²) in [7, 11) is 1.80. The van der Waals surface area contributed by atoms with Crippen molar-refractivity contribution < 1.29 is 9.59 Å². The first-order valence-electron chi connectivity index (χ1n) is 12.7. The summed E-state index contributed by atoms with van der Waals surface area (Å²) >= 11 is 0. The van der Waals surface area contributed by atoms with Crippen molar-refractivity contribution in [2.24, 2.45) is 5.92 Å². The fourth-order valence-electron chi connectivity index (χ4n) is 4.12. The van der Waals surface area contributed by atoms with E-state index in [2.05, 4.69) is 39.2 Å². The first-order chi connectivity index (χ1) is 18.3. The topological polar surface area (TPSA) is 129 Å². The summed E-state index contributed by atoms with van der Waals surface area (Å²) < 4.78 is 1.88. The fourth-order valence-corrected chi connectivity index (χ4v) is 4.12. The van der Waals surface area contributed by atoms with Gasteiger partial charge < -0.3 is 15.5 Å². The highest BCUT2D eigenvalue weighted by Gasteiger charge is 2.33. The molecule has 4 rings (SSSR count). The SMILES string of the molecule is C=C(CC(CC)n1cc(Nc2ncc(C)c(-c3ccc(C(=O)NCC#N)cc3)n2)cn1)N(C)C(=O)C1CC1. The molecular formula is C28H32N8O2. The zero-order chi connectivity index (χ0) is 27.2. The van der Waals surface area contributed by atoms with Crippen LogP contribution in [0.5, 0.6) is 0 Å². The Bertz CT molecular complexity index is 1370. The van der Waals surface area contributed by atoms with Crippen molar-refractivity contribution in [3.05, 3.63) is 66.3 Å². The van der Waals surface area contributed by atoms with Crippen molar-refractivity contribution in [3.8, 4) is 17.3 Å². The first-order valence-corrected chi connectivity index (χ1v) is 12.7. The van der Waals surface area contributed by atoms with Crippen LogP contribution in [0.2, 0.25) is 0 Å². The Hall–Kier alpha value is -4.52. The Kier molecular flexibility index (Phi) is 8.16. The third-order valence-electron chi connectivity index (χ3n) is 6.63. The highest BCUT2D eigenvalue weighted by molar-refractivity contribution is 5.94. The number of carbonyl (C=O) groups excluding carboxylic acids is 2. The van der Waals surface area contributed by atoms with E-state index in [-0.39, 0.29) is 30.3 Å². The van der Waals surface area contributed by atoms with Crippen molar-refractivity contribution in [3.63, 3.8) is 0 Å². The van der Waals surface area contributed by atoms with Crippen LogP contribution in [0.1, 0.15) is 54.6 Å². The molecule has 0 aliphatic heterocycles. The van der Waals surface area contributed by atoms with Crippen LogP contribution < -0.4 is 10.6 Å². The summed E-state index contributed by atoms with van der Waals surface area (Å²) in [5.74, 6) is 0.431. The van der Waals surface area contributed by atoms with E-state index >= 15 is 0 Å². The van der Waals surface area contributed by atoms with Crippen LogP contribution in [0.4, 0.5) is 11.6 Å². The molecule has 1 atom stereocenters. The molecule has 0 radical (unpaired) electrons. The number of anilines is 2. The maximum absolute atomic E-state index is 12.4. The van der Waals surface area contributed by atoms with Crippen molar-refractivity contribution in [1.29, 1.82) is 5.26 Å². The molecule has 196 valence electrons. The second kappa shape index (κ2) is 11.7. The summed E-state index contributed by atoms with van der Waals surface area (Å²) in [6.07, 6.45) is 8.77. The van der Waals surface area contributed by atoms with E-state index in [1.807, 2.05) is 36.0 Å². The highest BCUT2D eigenvalue weighted by Crippen LogP contribution is 2.33. The van der Waals surface area contributed by atoms with Crippen LogP contribution >= 0.6 is 0 Å². The minimum atomic E-state index is -0.299. The molecule has 1 aliphatic carbocycles. The number of nitrogens with zero attached hydrogens (tertiary/aromatic N) is 6. The molecule has 38 heavy (non-hydrogen) atoms. The maximum atomic E-state index is 12.4. The van der Waals surface area contributed by atoms with Gasteiger partial charge in [-0.1, -0.05) is 25.6 Å². The van der Waals surface area contributed by atoms with Gasteiger partial charge in [0, 0.05) is 48.6 Å². The van der Waals surface area contributed by atoms with Crippen LogP contribution in [0, 0.1) is 24.2 Å². The van der Waals surface area contributed by atoms with Gasteiger partial charge in [0.15, 0.2) is 0 Å². The molecule has 2 amide bonds. The second-order valence-corrected chi connectivity index (χ2v) is 9.48. The molecule has 1 fully saturated rings. The summed E-state index contributed by atoms with van der Waals surface area (Å²) in [6, 6.07) is 9.00. The number of nitriles is 1. The van der Waals surface area contributed by atoms with Crippen molar-refractivity contribution in [2.75, 3.05) is 18.9 Å². The lowest BCUT2D eigenvalue weighted by Gasteiger charge is -2.24. The number of hydrogen-bond donors (Lipinski definition) is 2. The number of aryl methyl sites for hydroxylation is 1. The van der Waals surface area contributed by atoms with E-state index in [0.29, 0.717) is 17.9 Å². The predicted molar refractivity (Wildman–Crippen MR) is 144 cm³/mol. The van der Waals surface area contributed by atoms with Gasteiger partial charge in [0.05, 0.1) is 29.7 Å². The van der Waals surface area contributed by atoms with Gasteiger partial charge in [0.25, 0.3) is 5.91 Å². The first kappa shape index (κ1) is 26.5. The average molecular weight is 513 g/mol. The van der Waals surface area contributed by atoms with Crippen molar-refractivity contribution >= 4 is 23.5 Å². The molecule has 2 heterocycles. The van der Waals surface area contributed by atoms with Gasteiger partial charge in [-0.15, -0.1) is 0 Å². The van der Waals surface area contributed by atoms with Gasteiger partial charge in [-0.2, -0.15) is 10.4 Å². The van der Waals surface area contributed by atoms with E-state index in [9.17, 15) is 9.59 Å². The Morgan fingerprint density at radius 2 is 2.00 bits per heavy atom. The minimum absolute atomic E-state index is 0.0396. The van der Waals surface area contributed by atoms with Gasteiger partial charge in [0.1, 0.15) is 6.54 Å². The molecule has 10 heteroatoms.